The van der Waals surface area contributed by atoms with Crippen LogP contribution in [0.15, 0.2) is 28.8 Å². The largest absolute Gasteiger partial charge is 0.492 e. The molecule has 2 heterocycles. The van der Waals surface area contributed by atoms with Gasteiger partial charge in [-0.05, 0) is 43.5 Å². The Kier molecular flexibility index (Phi) is 5.46. The maximum Gasteiger partial charge on any atom is 0.313 e. The Hall–Kier alpha value is -2.54. The summed E-state index contributed by atoms with van der Waals surface area (Å²) in [6.45, 7) is 3.68. The first-order valence-corrected chi connectivity index (χ1v) is 8.70. The number of fused-ring (bicyclic) bond motifs is 1. The summed E-state index contributed by atoms with van der Waals surface area (Å²) < 4.78 is 15.9. The first-order valence-electron chi connectivity index (χ1n) is 8.32. The second kappa shape index (κ2) is 7.78. The van der Waals surface area contributed by atoms with E-state index < -0.39 is 23.9 Å². The highest BCUT2D eigenvalue weighted by molar-refractivity contribution is 6.30. The van der Waals surface area contributed by atoms with Gasteiger partial charge in [-0.25, -0.2) is 0 Å². The number of benzene rings is 1. The SMILES string of the molecule is CC[C@H](OC(=O)[C@@H]1COc2ccc(Cl)cc2C1)C(=O)Nc1cc(C)on1. The maximum absolute atomic E-state index is 12.5. The van der Waals surface area contributed by atoms with Crippen molar-refractivity contribution in [1.29, 1.82) is 0 Å². The zero-order valence-corrected chi connectivity index (χ0v) is 15.2. The minimum atomic E-state index is -0.916. The summed E-state index contributed by atoms with van der Waals surface area (Å²) in [5, 5.41) is 6.85. The number of carbonyl (C=O) groups is 2. The molecular weight excluding hydrogens is 360 g/mol. The second-order valence-corrected chi connectivity index (χ2v) is 6.55. The van der Waals surface area contributed by atoms with Crippen LogP contribution in [-0.2, 0) is 20.7 Å². The first kappa shape index (κ1) is 18.3. The summed E-state index contributed by atoms with van der Waals surface area (Å²) in [5.41, 5.74) is 0.848. The summed E-state index contributed by atoms with van der Waals surface area (Å²) in [7, 11) is 0. The van der Waals surface area contributed by atoms with Gasteiger partial charge in [0.05, 0.1) is 5.92 Å². The fourth-order valence-electron chi connectivity index (χ4n) is 2.71. The van der Waals surface area contributed by atoms with Crippen LogP contribution in [0, 0.1) is 12.8 Å². The Bertz CT molecular complexity index is 820. The Balaban J connectivity index is 1.61. The normalized spacial score (nSPS) is 17.0. The number of nitrogens with one attached hydrogen (secondary N) is 1. The summed E-state index contributed by atoms with van der Waals surface area (Å²) in [6, 6.07) is 6.87. The Labute approximate surface area is 155 Å². The molecule has 0 fully saturated rings. The van der Waals surface area contributed by atoms with E-state index in [4.69, 9.17) is 25.6 Å². The number of aryl methyl sites for hydroxylation is 1. The number of aromatic nitrogens is 1. The van der Waals surface area contributed by atoms with Crippen LogP contribution in [-0.4, -0.2) is 29.7 Å². The fraction of sp³-hybridized carbons (Fsp3) is 0.389. The Morgan fingerprint density at radius 1 is 1.42 bits per heavy atom. The summed E-state index contributed by atoms with van der Waals surface area (Å²) in [5.74, 6) is 0.152. The molecule has 1 aromatic heterocycles. The van der Waals surface area contributed by atoms with E-state index in [1.165, 1.54) is 0 Å². The highest BCUT2D eigenvalue weighted by Gasteiger charge is 2.31. The number of nitrogens with zero attached hydrogens (tertiary/aromatic N) is 1. The van der Waals surface area contributed by atoms with Gasteiger partial charge >= 0.3 is 5.97 Å². The molecule has 0 saturated heterocycles. The molecule has 1 aliphatic heterocycles. The minimum absolute atomic E-state index is 0.202. The smallest absolute Gasteiger partial charge is 0.313 e. The molecule has 0 aliphatic carbocycles. The van der Waals surface area contributed by atoms with Crippen molar-refractivity contribution in [2.24, 2.45) is 5.92 Å². The first-order chi connectivity index (χ1) is 12.5. The van der Waals surface area contributed by atoms with Gasteiger partial charge < -0.3 is 19.3 Å². The van der Waals surface area contributed by atoms with Gasteiger partial charge in [-0.1, -0.05) is 23.7 Å². The zero-order valence-electron chi connectivity index (χ0n) is 14.5. The molecule has 0 unspecified atom stereocenters. The maximum atomic E-state index is 12.5. The topological polar surface area (TPSA) is 90.7 Å². The van der Waals surface area contributed by atoms with Crippen molar-refractivity contribution >= 4 is 29.3 Å². The molecule has 0 spiro atoms. The van der Waals surface area contributed by atoms with E-state index in [1.807, 2.05) is 0 Å². The molecule has 3 rings (SSSR count). The number of amides is 1. The number of esters is 1. The minimum Gasteiger partial charge on any atom is -0.492 e. The number of halogens is 1. The van der Waals surface area contributed by atoms with Crippen molar-refractivity contribution in [3.63, 3.8) is 0 Å². The predicted octanol–water partition coefficient (Wildman–Crippen LogP) is 3.15. The standard InChI is InChI=1S/C18H19ClN2O5/c1-3-14(17(22)20-16-6-10(2)26-21-16)25-18(23)12-7-11-8-13(19)4-5-15(11)24-9-12/h4-6,8,12,14H,3,7,9H2,1-2H3,(H,20,21,22)/t12-,14-/m0/s1. The van der Waals surface area contributed by atoms with E-state index in [0.717, 1.165) is 5.56 Å². The van der Waals surface area contributed by atoms with E-state index >= 15 is 0 Å². The molecule has 7 nitrogen and oxygen atoms in total. The summed E-state index contributed by atoms with van der Waals surface area (Å²) in [4.78, 5) is 24.8. The van der Waals surface area contributed by atoms with Crippen LogP contribution in [0.3, 0.4) is 0 Å². The number of carbonyl (C=O) groups excluding carboxylic acids is 2. The number of hydrogen-bond donors (Lipinski definition) is 1. The number of ether oxygens (including phenoxy) is 2. The van der Waals surface area contributed by atoms with Gasteiger partial charge in [0.25, 0.3) is 5.91 Å². The monoisotopic (exact) mass is 378 g/mol. The van der Waals surface area contributed by atoms with E-state index in [1.54, 1.807) is 38.1 Å². The molecule has 0 radical (unpaired) electrons. The van der Waals surface area contributed by atoms with Crippen molar-refractivity contribution in [3.8, 4) is 5.75 Å². The molecular formula is C18H19ClN2O5. The van der Waals surface area contributed by atoms with Crippen molar-refractivity contribution in [2.75, 3.05) is 11.9 Å². The van der Waals surface area contributed by atoms with Gasteiger partial charge in [-0.3, -0.25) is 9.59 Å². The van der Waals surface area contributed by atoms with Crippen LogP contribution < -0.4 is 10.1 Å². The highest BCUT2D eigenvalue weighted by atomic mass is 35.5. The van der Waals surface area contributed by atoms with Gasteiger partial charge in [-0.15, -0.1) is 0 Å². The quantitative estimate of drug-likeness (QED) is 0.804. The van der Waals surface area contributed by atoms with Gasteiger partial charge in [-0.2, -0.15) is 0 Å². The Morgan fingerprint density at radius 2 is 2.23 bits per heavy atom. The van der Waals surface area contributed by atoms with Crippen LogP contribution in [0.1, 0.15) is 24.7 Å². The number of rotatable bonds is 5. The van der Waals surface area contributed by atoms with Crippen LogP contribution >= 0.6 is 11.6 Å². The summed E-state index contributed by atoms with van der Waals surface area (Å²) >= 11 is 5.99. The lowest BCUT2D eigenvalue weighted by Crippen LogP contribution is -2.37. The van der Waals surface area contributed by atoms with E-state index in [2.05, 4.69) is 10.5 Å². The number of anilines is 1. The van der Waals surface area contributed by atoms with Crippen molar-refractivity contribution in [2.45, 2.75) is 32.8 Å². The molecule has 1 N–H and O–H groups in total. The third-order valence-corrected chi connectivity index (χ3v) is 4.30. The van der Waals surface area contributed by atoms with E-state index in [-0.39, 0.29) is 12.4 Å². The van der Waals surface area contributed by atoms with Crippen LogP contribution in [0.5, 0.6) is 5.75 Å². The van der Waals surface area contributed by atoms with E-state index in [0.29, 0.717) is 29.4 Å². The second-order valence-electron chi connectivity index (χ2n) is 6.11. The molecule has 1 aromatic carbocycles. The average molecular weight is 379 g/mol. The molecule has 2 aromatic rings. The third kappa shape index (κ3) is 4.16. The lowest BCUT2D eigenvalue weighted by Gasteiger charge is -2.25. The van der Waals surface area contributed by atoms with Gasteiger partial charge in [0, 0.05) is 11.1 Å². The molecule has 26 heavy (non-hydrogen) atoms. The Morgan fingerprint density at radius 3 is 2.92 bits per heavy atom. The lowest BCUT2D eigenvalue weighted by atomic mass is 9.97. The van der Waals surface area contributed by atoms with Crippen molar-refractivity contribution in [3.05, 3.63) is 40.6 Å². The molecule has 8 heteroatoms. The van der Waals surface area contributed by atoms with Crippen molar-refractivity contribution in [1.82, 2.24) is 5.16 Å². The summed E-state index contributed by atoms with van der Waals surface area (Å²) in [6.07, 6.45) is -0.125. The predicted molar refractivity (Wildman–Crippen MR) is 94.2 cm³/mol. The van der Waals surface area contributed by atoms with Gasteiger partial charge in [0.15, 0.2) is 11.9 Å². The van der Waals surface area contributed by atoms with Gasteiger partial charge in [0.2, 0.25) is 0 Å². The molecule has 0 bridgehead atoms. The van der Waals surface area contributed by atoms with Crippen molar-refractivity contribution < 1.29 is 23.6 Å². The molecule has 2 atom stereocenters. The fourth-order valence-corrected chi connectivity index (χ4v) is 2.90. The molecule has 138 valence electrons. The van der Waals surface area contributed by atoms with Crippen LogP contribution in [0.2, 0.25) is 5.02 Å². The average Bonchev–Trinajstić information content (AvgIpc) is 3.03. The van der Waals surface area contributed by atoms with Crippen LogP contribution in [0.4, 0.5) is 5.82 Å². The highest BCUT2D eigenvalue weighted by Crippen LogP contribution is 2.30. The molecule has 0 saturated carbocycles. The zero-order chi connectivity index (χ0) is 18.7. The lowest BCUT2D eigenvalue weighted by molar-refractivity contribution is -0.159. The van der Waals surface area contributed by atoms with Crippen LogP contribution in [0.25, 0.3) is 0 Å². The molecule has 1 amide bonds. The third-order valence-electron chi connectivity index (χ3n) is 4.06. The molecule has 1 aliphatic rings. The van der Waals surface area contributed by atoms with Gasteiger partial charge in [0.1, 0.15) is 18.1 Å². The van der Waals surface area contributed by atoms with E-state index in [9.17, 15) is 9.59 Å². The number of hydrogen-bond acceptors (Lipinski definition) is 6.